The number of rotatable bonds is 5. The van der Waals surface area contributed by atoms with Gasteiger partial charge in [0, 0.05) is 16.9 Å². The van der Waals surface area contributed by atoms with E-state index < -0.39 is 0 Å². The van der Waals surface area contributed by atoms with Gasteiger partial charge in [-0.3, -0.25) is 4.79 Å². The molecule has 0 unspecified atom stereocenters. The first-order valence-corrected chi connectivity index (χ1v) is 10.3. The van der Waals surface area contributed by atoms with Crippen molar-refractivity contribution >= 4 is 17.8 Å². The molecule has 0 spiro atoms. The van der Waals surface area contributed by atoms with Gasteiger partial charge in [0.1, 0.15) is 5.60 Å². The van der Waals surface area contributed by atoms with E-state index >= 15 is 0 Å². The summed E-state index contributed by atoms with van der Waals surface area (Å²) in [4.78, 5) is 14.4. The molecule has 0 radical (unpaired) electrons. The van der Waals surface area contributed by atoms with Gasteiger partial charge in [0.25, 0.3) is 6.47 Å². The third-order valence-corrected chi connectivity index (χ3v) is 5.30. The molecule has 0 amide bonds. The molecule has 154 valence electrons. The summed E-state index contributed by atoms with van der Waals surface area (Å²) < 4.78 is 15.2. The summed E-state index contributed by atoms with van der Waals surface area (Å²) in [5, 5.41) is 6.79. The van der Waals surface area contributed by atoms with Gasteiger partial charge in [-0.1, -0.05) is 0 Å². The summed E-state index contributed by atoms with van der Waals surface area (Å²) in [6.07, 6.45) is 2.36. The molecule has 28 heavy (non-hydrogen) atoms. The molecule has 1 aromatic heterocycles. The van der Waals surface area contributed by atoms with Crippen molar-refractivity contribution in [2.24, 2.45) is 0 Å². The molecule has 3 rings (SSSR count). The predicted octanol–water partition coefficient (Wildman–Crippen LogP) is 4.25. The van der Waals surface area contributed by atoms with Crippen LogP contribution in [0.5, 0.6) is 11.5 Å². The number of aromatic nitrogens is 1. The number of nitrogens with zero attached hydrogens (tertiary/aromatic N) is 1. The number of benzene rings is 1. The van der Waals surface area contributed by atoms with E-state index in [2.05, 4.69) is 15.4 Å². The van der Waals surface area contributed by atoms with Gasteiger partial charge in [0.05, 0.1) is 24.9 Å². The Kier molecular flexibility index (Phi) is 8.26. The minimum absolute atomic E-state index is 0.318. The summed E-state index contributed by atoms with van der Waals surface area (Å²) in [7, 11) is 3.30. The molecular formula is C21H30N2O4S. The van der Waals surface area contributed by atoms with Crippen LogP contribution in [-0.2, 0) is 9.53 Å². The fourth-order valence-corrected chi connectivity index (χ4v) is 3.82. The van der Waals surface area contributed by atoms with E-state index in [4.69, 9.17) is 14.5 Å². The number of hydrogen-bond donors (Lipinski definition) is 1. The van der Waals surface area contributed by atoms with Crippen LogP contribution in [0, 0.1) is 0 Å². The van der Waals surface area contributed by atoms with Crippen LogP contribution in [0.25, 0.3) is 11.3 Å². The average Bonchev–Trinajstić information content (AvgIpc) is 3.18. The monoisotopic (exact) mass is 406 g/mol. The van der Waals surface area contributed by atoms with Crippen molar-refractivity contribution in [3.05, 3.63) is 28.6 Å². The van der Waals surface area contributed by atoms with Gasteiger partial charge in [0.2, 0.25) is 0 Å². The maximum absolute atomic E-state index is 9.60. The van der Waals surface area contributed by atoms with Gasteiger partial charge in [-0.25, -0.2) is 4.98 Å². The predicted molar refractivity (Wildman–Crippen MR) is 112 cm³/mol. The number of ether oxygens (including phenoxy) is 3. The highest BCUT2D eigenvalue weighted by Crippen LogP contribution is 2.35. The van der Waals surface area contributed by atoms with Crippen molar-refractivity contribution in [1.82, 2.24) is 10.3 Å². The highest BCUT2D eigenvalue weighted by atomic mass is 32.1. The van der Waals surface area contributed by atoms with Crippen molar-refractivity contribution in [2.45, 2.75) is 45.1 Å². The van der Waals surface area contributed by atoms with E-state index in [0.29, 0.717) is 12.4 Å². The van der Waals surface area contributed by atoms with Crippen molar-refractivity contribution in [3.8, 4) is 22.8 Å². The Balaban J connectivity index is 0.000000345. The van der Waals surface area contributed by atoms with E-state index in [1.165, 1.54) is 17.8 Å². The van der Waals surface area contributed by atoms with Gasteiger partial charge in [-0.05, 0) is 64.9 Å². The Hall–Kier alpha value is -2.12. The molecule has 2 heterocycles. The molecule has 1 N–H and O–H groups in total. The molecule has 0 atom stereocenters. The van der Waals surface area contributed by atoms with E-state index in [-0.39, 0.29) is 5.60 Å². The molecule has 1 aliphatic rings. The van der Waals surface area contributed by atoms with E-state index in [1.54, 1.807) is 25.6 Å². The lowest BCUT2D eigenvalue weighted by molar-refractivity contribution is -0.138. The number of carbonyl (C=O) groups is 1. The number of methoxy groups -OCH3 is 2. The first kappa shape index (κ1) is 22.2. The Morgan fingerprint density at radius 2 is 1.82 bits per heavy atom. The summed E-state index contributed by atoms with van der Waals surface area (Å²) in [5.74, 6) is 2.09. The zero-order valence-corrected chi connectivity index (χ0v) is 18.1. The molecule has 6 nitrogen and oxygen atoms in total. The average molecular weight is 407 g/mol. The molecule has 1 fully saturated rings. The smallest absolute Gasteiger partial charge is 0.293 e. The molecule has 2 aromatic rings. The van der Waals surface area contributed by atoms with Crippen LogP contribution in [0.4, 0.5) is 0 Å². The molecule has 1 aromatic carbocycles. The number of piperidine rings is 1. The maximum Gasteiger partial charge on any atom is 0.293 e. The van der Waals surface area contributed by atoms with E-state index in [0.717, 1.165) is 35.8 Å². The zero-order chi connectivity index (χ0) is 20.6. The summed E-state index contributed by atoms with van der Waals surface area (Å²) in [6.45, 7) is 8.11. The standard InChI is InChI=1S/C16H20N2O2S.C5H10O2/c1-19-14-4-3-12(9-15(14)20-2)13-10-21-16(18-13)11-5-7-17-8-6-11;1-5(2,3)7-4-6/h3-4,9-11,17H,5-8H2,1-2H3;4H,1-3H3. The van der Waals surface area contributed by atoms with Crippen LogP contribution in [0.3, 0.4) is 0 Å². The van der Waals surface area contributed by atoms with Crippen molar-refractivity contribution in [1.29, 1.82) is 0 Å². The lowest BCUT2D eigenvalue weighted by Gasteiger charge is -2.20. The maximum atomic E-state index is 9.60. The SMILES string of the molecule is CC(C)(C)OC=O.COc1ccc(-c2csc(C3CCNCC3)n2)cc1OC. The fraction of sp³-hybridized carbons (Fsp3) is 0.524. The van der Waals surface area contributed by atoms with Gasteiger partial charge < -0.3 is 19.5 Å². The Labute approximate surface area is 171 Å². The highest BCUT2D eigenvalue weighted by molar-refractivity contribution is 7.10. The van der Waals surface area contributed by atoms with Crippen molar-refractivity contribution < 1.29 is 19.0 Å². The van der Waals surface area contributed by atoms with Crippen molar-refractivity contribution in [2.75, 3.05) is 27.3 Å². The largest absolute Gasteiger partial charge is 0.493 e. The molecule has 0 saturated carbocycles. The van der Waals surface area contributed by atoms with Crippen LogP contribution in [-0.4, -0.2) is 44.4 Å². The Bertz CT molecular complexity index is 749. The van der Waals surface area contributed by atoms with E-state index in [9.17, 15) is 4.79 Å². The minimum atomic E-state index is -0.318. The summed E-state index contributed by atoms with van der Waals surface area (Å²) >= 11 is 1.76. The van der Waals surface area contributed by atoms with Crippen LogP contribution < -0.4 is 14.8 Å². The molecular weight excluding hydrogens is 376 g/mol. The molecule has 0 aliphatic carbocycles. The lowest BCUT2D eigenvalue weighted by atomic mass is 9.99. The lowest BCUT2D eigenvalue weighted by Crippen LogP contribution is -2.26. The second-order valence-corrected chi connectivity index (χ2v) is 8.38. The first-order chi connectivity index (χ1) is 13.4. The third-order valence-electron chi connectivity index (χ3n) is 4.29. The normalized spacial score (nSPS) is 14.6. The van der Waals surface area contributed by atoms with Crippen LogP contribution in [0.15, 0.2) is 23.6 Å². The van der Waals surface area contributed by atoms with Gasteiger partial charge in [-0.15, -0.1) is 11.3 Å². The van der Waals surface area contributed by atoms with Gasteiger partial charge in [0.15, 0.2) is 11.5 Å². The fourth-order valence-electron chi connectivity index (χ4n) is 2.82. The number of nitrogens with one attached hydrogen (secondary N) is 1. The molecule has 1 aliphatic heterocycles. The quantitative estimate of drug-likeness (QED) is 0.749. The van der Waals surface area contributed by atoms with Crippen LogP contribution in [0.1, 0.15) is 44.5 Å². The third kappa shape index (κ3) is 6.49. The first-order valence-electron chi connectivity index (χ1n) is 9.38. The van der Waals surface area contributed by atoms with Crippen molar-refractivity contribution in [3.63, 3.8) is 0 Å². The zero-order valence-electron chi connectivity index (χ0n) is 17.3. The minimum Gasteiger partial charge on any atom is -0.493 e. The van der Waals surface area contributed by atoms with Gasteiger partial charge >= 0.3 is 0 Å². The summed E-state index contributed by atoms with van der Waals surface area (Å²) in [5.41, 5.74) is 1.78. The van der Waals surface area contributed by atoms with E-state index in [1.807, 2.05) is 39.0 Å². The highest BCUT2D eigenvalue weighted by Gasteiger charge is 2.19. The Morgan fingerprint density at radius 3 is 2.36 bits per heavy atom. The number of carbonyl (C=O) groups excluding carboxylic acids is 1. The second-order valence-electron chi connectivity index (χ2n) is 7.49. The summed E-state index contributed by atoms with van der Waals surface area (Å²) in [6, 6.07) is 5.94. The number of hydrogen-bond acceptors (Lipinski definition) is 7. The van der Waals surface area contributed by atoms with Crippen LogP contribution in [0.2, 0.25) is 0 Å². The molecule has 1 saturated heterocycles. The second kappa shape index (κ2) is 10.4. The molecule has 7 heteroatoms. The number of thiazole rings is 1. The topological polar surface area (TPSA) is 69.7 Å². The molecule has 0 bridgehead atoms. The van der Waals surface area contributed by atoms with Gasteiger partial charge in [-0.2, -0.15) is 0 Å². The Morgan fingerprint density at radius 1 is 1.14 bits per heavy atom. The van der Waals surface area contributed by atoms with Crippen LogP contribution >= 0.6 is 11.3 Å².